The zero-order chi connectivity index (χ0) is 21.7. The van der Waals surface area contributed by atoms with Crippen LogP contribution in [-0.2, 0) is 0 Å². The van der Waals surface area contributed by atoms with Gasteiger partial charge in [0.1, 0.15) is 0 Å². The summed E-state index contributed by atoms with van der Waals surface area (Å²) in [6.45, 7) is 0. The molecule has 0 atom stereocenters. The highest BCUT2D eigenvalue weighted by atomic mass is 32.2. The van der Waals surface area contributed by atoms with Gasteiger partial charge in [-0.3, -0.25) is 9.59 Å². The summed E-state index contributed by atoms with van der Waals surface area (Å²) in [6, 6.07) is 27.1. The van der Waals surface area contributed by atoms with E-state index in [1.165, 1.54) is 23.5 Å². The third-order valence-corrected chi connectivity index (χ3v) is 7.85. The summed E-state index contributed by atoms with van der Waals surface area (Å²) in [5.41, 5.74) is 3.49. The maximum Gasteiger partial charge on any atom is 0.199 e. The minimum absolute atomic E-state index is 0.0414. The summed E-state index contributed by atoms with van der Waals surface area (Å²) in [5.74, 6) is 0.0827. The zero-order valence-corrected chi connectivity index (χ0v) is 18.5. The smallest absolute Gasteiger partial charge is 0.199 e. The van der Waals surface area contributed by atoms with E-state index < -0.39 is 0 Å². The van der Waals surface area contributed by atoms with Crippen LogP contribution in [0.25, 0.3) is 22.9 Å². The van der Waals surface area contributed by atoms with Crippen molar-refractivity contribution in [3.63, 3.8) is 0 Å². The van der Waals surface area contributed by atoms with Crippen LogP contribution in [0.1, 0.15) is 31.8 Å². The van der Waals surface area contributed by atoms with E-state index in [2.05, 4.69) is 24.3 Å². The summed E-state index contributed by atoms with van der Waals surface area (Å²) >= 11 is 3.05. The number of carbonyl (C=O) groups is 2. The van der Waals surface area contributed by atoms with Crippen molar-refractivity contribution < 1.29 is 9.59 Å². The molecule has 0 bridgehead atoms. The maximum absolute atomic E-state index is 13.0. The van der Waals surface area contributed by atoms with Crippen LogP contribution in [0.3, 0.4) is 0 Å². The van der Waals surface area contributed by atoms with Crippen molar-refractivity contribution in [3.8, 4) is 0 Å². The molecule has 2 heterocycles. The minimum Gasteiger partial charge on any atom is -0.288 e. The molecule has 0 aromatic heterocycles. The highest BCUT2D eigenvalue weighted by molar-refractivity contribution is 8.05. The lowest BCUT2D eigenvalue weighted by atomic mass is 9.97. The summed E-state index contributed by atoms with van der Waals surface area (Å²) in [5, 5.41) is 2.31. The van der Waals surface area contributed by atoms with Gasteiger partial charge in [0.25, 0.3) is 0 Å². The molecule has 2 aliphatic heterocycles. The fourth-order valence-corrected chi connectivity index (χ4v) is 6.34. The Hall–Kier alpha value is -3.34. The molecule has 4 aromatic rings. The Bertz CT molecular complexity index is 1370. The molecule has 0 N–H and O–H groups in total. The first kappa shape index (κ1) is 19.4. The minimum atomic E-state index is 0.0414. The molecule has 0 saturated heterocycles. The highest BCUT2D eigenvalue weighted by Gasteiger charge is 2.26. The number of carbonyl (C=O) groups excluding carboxylic acids is 2. The molecule has 32 heavy (non-hydrogen) atoms. The summed E-state index contributed by atoms with van der Waals surface area (Å²) in [7, 11) is 0. The van der Waals surface area contributed by atoms with E-state index in [1.54, 1.807) is 0 Å². The van der Waals surface area contributed by atoms with Gasteiger partial charge in [0.05, 0.1) is 9.81 Å². The number of Topliss-reactive ketones (excluding diaryl/α,β-unsaturated/α-hetero) is 2. The van der Waals surface area contributed by atoms with Gasteiger partial charge in [0.15, 0.2) is 11.6 Å². The van der Waals surface area contributed by atoms with Crippen molar-refractivity contribution in [1.82, 2.24) is 0 Å². The topological polar surface area (TPSA) is 34.1 Å². The van der Waals surface area contributed by atoms with Gasteiger partial charge in [-0.25, -0.2) is 0 Å². The van der Waals surface area contributed by atoms with E-state index in [4.69, 9.17) is 0 Å². The van der Waals surface area contributed by atoms with Gasteiger partial charge in [-0.2, -0.15) is 0 Å². The quantitative estimate of drug-likeness (QED) is 0.303. The molecule has 0 unspecified atom stereocenters. The second-order valence-electron chi connectivity index (χ2n) is 7.67. The van der Waals surface area contributed by atoms with E-state index >= 15 is 0 Å². The first-order valence-corrected chi connectivity index (χ1v) is 11.9. The molecular weight excluding hydrogens is 432 g/mol. The lowest BCUT2D eigenvalue weighted by Crippen LogP contribution is -2.06. The molecule has 2 aliphatic rings. The average Bonchev–Trinajstić information content (AvgIpc) is 2.87. The Balaban J connectivity index is 1.44. The third-order valence-electron chi connectivity index (χ3n) is 5.68. The monoisotopic (exact) mass is 448 g/mol. The number of allylic oxidation sites excluding steroid dienone is 2. The van der Waals surface area contributed by atoms with Gasteiger partial charge in [0.2, 0.25) is 0 Å². The number of hydrogen-bond acceptors (Lipinski definition) is 4. The molecule has 4 aromatic carbocycles. The van der Waals surface area contributed by atoms with Crippen LogP contribution in [0, 0.1) is 0 Å². The van der Waals surface area contributed by atoms with Crippen LogP contribution in [0.5, 0.6) is 0 Å². The Morgan fingerprint density at radius 1 is 0.500 bits per heavy atom. The summed E-state index contributed by atoms with van der Waals surface area (Å²) < 4.78 is 0. The van der Waals surface area contributed by atoms with Crippen LogP contribution in [-0.4, -0.2) is 11.6 Å². The fraction of sp³-hybridized carbons (Fsp3) is 0. The predicted octanol–water partition coefficient (Wildman–Crippen LogP) is 7.50. The van der Waals surface area contributed by atoms with Gasteiger partial charge in [-0.05, 0) is 35.4 Å². The van der Waals surface area contributed by atoms with Gasteiger partial charge < -0.3 is 0 Å². The fourth-order valence-electron chi connectivity index (χ4n) is 4.16. The second-order valence-corrected chi connectivity index (χ2v) is 9.84. The predicted molar refractivity (Wildman–Crippen MR) is 133 cm³/mol. The molecule has 0 spiro atoms. The average molecular weight is 449 g/mol. The van der Waals surface area contributed by atoms with Crippen LogP contribution in [0.2, 0.25) is 0 Å². The second kappa shape index (κ2) is 7.66. The van der Waals surface area contributed by atoms with E-state index in [9.17, 15) is 9.59 Å². The van der Waals surface area contributed by atoms with Crippen molar-refractivity contribution in [1.29, 1.82) is 0 Å². The van der Waals surface area contributed by atoms with Crippen LogP contribution >= 0.6 is 23.5 Å². The first-order valence-electron chi connectivity index (χ1n) is 10.3. The molecule has 6 rings (SSSR count). The third kappa shape index (κ3) is 3.15. The standard InChI is InChI=1S/C28H16O2S2/c29-27(17-7-3-1-4-8-17)23-15-19-11-14-22-26-20(12-13-21(31-23)25(19)26)16-24(32-22)28(30)18-9-5-2-6-10-18/h1-16H. The summed E-state index contributed by atoms with van der Waals surface area (Å²) in [4.78, 5) is 29.7. The van der Waals surface area contributed by atoms with Gasteiger partial charge in [-0.15, -0.1) is 0 Å². The van der Waals surface area contributed by atoms with Crippen molar-refractivity contribution in [2.24, 2.45) is 0 Å². The Morgan fingerprint density at radius 2 is 0.906 bits per heavy atom. The molecule has 0 fully saturated rings. The van der Waals surface area contributed by atoms with Crippen LogP contribution < -0.4 is 0 Å². The Morgan fingerprint density at radius 3 is 1.31 bits per heavy atom. The lowest BCUT2D eigenvalue weighted by Gasteiger charge is -2.23. The molecular formula is C28H16O2S2. The summed E-state index contributed by atoms with van der Waals surface area (Å²) in [6.07, 6.45) is 3.99. The van der Waals surface area contributed by atoms with E-state index in [-0.39, 0.29) is 11.6 Å². The number of benzene rings is 4. The molecule has 0 aliphatic carbocycles. The molecule has 0 saturated carbocycles. The van der Waals surface area contributed by atoms with Gasteiger partial charge in [-0.1, -0.05) is 96.3 Å². The van der Waals surface area contributed by atoms with Crippen molar-refractivity contribution in [3.05, 3.63) is 117 Å². The molecule has 4 heteroatoms. The van der Waals surface area contributed by atoms with E-state index in [0.29, 0.717) is 11.1 Å². The molecule has 0 radical (unpaired) electrons. The first-order chi connectivity index (χ1) is 15.7. The number of hydrogen-bond donors (Lipinski definition) is 0. The van der Waals surface area contributed by atoms with Crippen LogP contribution in [0.4, 0.5) is 0 Å². The zero-order valence-electron chi connectivity index (χ0n) is 16.9. The van der Waals surface area contributed by atoms with Gasteiger partial charge in [0, 0.05) is 31.7 Å². The van der Waals surface area contributed by atoms with Crippen molar-refractivity contribution >= 4 is 58.0 Å². The van der Waals surface area contributed by atoms with E-state index in [1.807, 2.05) is 72.8 Å². The van der Waals surface area contributed by atoms with Gasteiger partial charge >= 0.3 is 0 Å². The number of ketones is 2. The molecule has 0 amide bonds. The number of rotatable bonds is 4. The molecule has 2 nitrogen and oxygen atoms in total. The molecule has 152 valence electrons. The van der Waals surface area contributed by atoms with Crippen LogP contribution in [0.15, 0.2) is 105 Å². The lowest BCUT2D eigenvalue weighted by molar-refractivity contribution is 0.103. The Labute approximate surface area is 194 Å². The largest absolute Gasteiger partial charge is 0.288 e. The van der Waals surface area contributed by atoms with E-state index in [0.717, 1.165) is 41.5 Å². The van der Waals surface area contributed by atoms with Crippen molar-refractivity contribution in [2.45, 2.75) is 9.79 Å². The van der Waals surface area contributed by atoms with Crippen molar-refractivity contribution in [2.75, 3.05) is 0 Å². The normalized spacial score (nSPS) is 14.0. The SMILES string of the molecule is O=C(C1=Cc2ccc3c4c(ccc(c24)S1)C=C(C(=O)c1ccccc1)S3)c1ccccc1. The Kier molecular flexibility index (Phi) is 4.63. The number of thioether (sulfide) groups is 2. The maximum atomic E-state index is 13.0. The highest BCUT2D eigenvalue weighted by Crippen LogP contribution is 2.49.